The van der Waals surface area contributed by atoms with E-state index >= 15 is 0 Å². The Morgan fingerprint density at radius 3 is 3.16 bits per heavy atom. The highest BCUT2D eigenvalue weighted by Gasteiger charge is 2.25. The predicted octanol–water partition coefficient (Wildman–Crippen LogP) is 2.20. The molecule has 1 atom stereocenters. The lowest BCUT2D eigenvalue weighted by Crippen LogP contribution is -2.10. The van der Waals surface area contributed by atoms with Gasteiger partial charge in [-0.2, -0.15) is 9.38 Å². The van der Waals surface area contributed by atoms with Gasteiger partial charge in [0.2, 0.25) is 5.82 Å². The van der Waals surface area contributed by atoms with Crippen LogP contribution in [0, 0.1) is 10.1 Å². The molecule has 0 saturated carbocycles. The van der Waals surface area contributed by atoms with Crippen LogP contribution in [0.5, 0.6) is 0 Å². The Kier molecular flexibility index (Phi) is 2.67. The Morgan fingerprint density at radius 1 is 1.63 bits per heavy atom. The number of aromatic amines is 1. The van der Waals surface area contributed by atoms with Gasteiger partial charge in [-0.3, -0.25) is 0 Å². The second kappa shape index (κ2) is 4.35. The van der Waals surface area contributed by atoms with Crippen LogP contribution in [0.4, 0.5) is 11.6 Å². The Hall–Kier alpha value is -2.42. The van der Waals surface area contributed by atoms with Crippen LogP contribution in [0.25, 0.3) is 4.96 Å². The second-order valence-corrected chi connectivity index (χ2v) is 4.81. The van der Waals surface area contributed by atoms with E-state index in [-0.39, 0.29) is 17.7 Å². The molecule has 0 aliphatic rings. The van der Waals surface area contributed by atoms with Gasteiger partial charge in [-0.05, 0) is 11.8 Å². The zero-order chi connectivity index (χ0) is 13.4. The Morgan fingerprint density at radius 2 is 2.47 bits per heavy atom. The number of fused-ring (bicyclic) bond motifs is 1. The molecule has 3 heterocycles. The molecule has 3 aromatic heterocycles. The van der Waals surface area contributed by atoms with Gasteiger partial charge in [0.1, 0.15) is 12.0 Å². The number of nitro groups is 1. The largest absolute Gasteiger partial charge is 0.372 e. The van der Waals surface area contributed by atoms with Crippen molar-refractivity contribution in [3.63, 3.8) is 0 Å². The van der Waals surface area contributed by atoms with Crippen LogP contribution in [-0.4, -0.2) is 24.3 Å². The first-order chi connectivity index (χ1) is 9.16. The van der Waals surface area contributed by atoms with Crippen molar-refractivity contribution >= 4 is 27.9 Å². The molecule has 0 spiro atoms. The minimum Gasteiger partial charge on any atom is -0.358 e. The molecule has 19 heavy (non-hydrogen) atoms. The van der Waals surface area contributed by atoms with Crippen molar-refractivity contribution in [1.82, 2.24) is 19.4 Å². The third-order valence-electron chi connectivity index (χ3n) is 2.69. The average Bonchev–Trinajstić information content (AvgIpc) is 3.03. The lowest BCUT2D eigenvalue weighted by atomic mass is 10.3. The molecule has 0 aliphatic carbocycles. The third kappa shape index (κ3) is 1.93. The summed E-state index contributed by atoms with van der Waals surface area (Å²) in [6.45, 7) is 1.86. The van der Waals surface area contributed by atoms with Gasteiger partial charge in [0, 0.05) is 17.8 Å². The second-order valence-electron chi connectivity index (χ2n) is 3.94. The van der Waals surface area contributed by atoms with Gasteiger partial charge < -0.3 is 20.4 Å². The molecule has 0 fully saturated rings. The van der Waals surface area contributed by atoms with Crippen LogP contribution in [0.1, 0.15) is 18.8 Å². The minimum absolute atomic E-state index is 0.0605. The summed E-state index contributed by atoms with van der Waals surface area (Å²) < 4.78 is 1.46. The first-order valence-electron chi connectivity index (χ1n) is 5.52. The van der Waals surface area contributed by atoms with Crippen LogP contribution in [-0.2, 0) is 0 Å². The molecule has 0 amide bonds. The molecular weight excluding hydrogens is 268 g/mol. The van der Waals surface area contributed by atoms with E-state index in [2.05, 4.69) is 20.3 Å². The van der Waals surface area contributed by atoms with Crippen LogP contribution in [0.15, 0.2) is 24.0 Å². The highest BCUT2D eigenvalue weighted by atomic mass is 32.1. The van der Waals surface area contributed by atoms with Crippen molar-refractivity contribution in [3.05, 3.63) is 39.9 Å². The fraction of sp³-hybridized carbons (Fsp3) is 0.200. The number of rotatable bonds is 4. The number of aromatic nitrogens is 4. The maximum Gasteiger partial charge on any atom is 0.372 e. The molecule has 3 aromatic rings. The van der Waals surface area contributed by atoms with Crippen LogP contribution in [0.3, 0.4) is 0 Å². The molecule has 98 valence electrons. The molecule has 0 bridgehead atoms. The summed E-state index contributed by atoms with van der Waals surface area (Å²) in [4.78, 5) is 22.6. The van der Waals surface area contributed by atoms with Gasteiger partial charge in [0.05, 0.1) is 6.04 Å². The van der Waals surface area contributed by atoms with Crippen LogP contribution < -0.4 is 5.32 Å². The summed E-state index contributed by atoms with van der Waals surface area (Å²) in [7, 11) is 0. The number of anilines is 1. The van der Waals surface area contributed by atoms with Gasteiger partial charge in [0.15, 0.2) is 0 Å². The molecule has 2 N–H and O–H groups in total. The van der Waals surface area contributed by atoms with Gasteiger partial charge in [-0.25, -0.2) is 4.98 Å². The van der Waals surface area contributed by atoms with Crippen LogP contribution in [0.2, 0.25) is 0 Å². The van der Waals surface area contributed by atoms with E-state index in [1.165, 1.54) is 15.7 Å². The minimum atomic E-state index is -0.441. The SMILES string of the molecule is CC(Nc1nc2sccn2c1[N+](=O)[O-])c1ncc[nH]1. The Bertz CT molecular complexity index is 716. The molecule has 8 nitrogen and oxygen atoms in total. The summed E-state index contributed by atoms with van der Waals surface area (Å²) >= 11 is 1.35. The van der Waals surface area contributed by atoms with Gasteiger partial charge >= 0.3 is 5.82 Å². The lowest BCUT2D eigenvalue weighted by Gasteiger charge is -2.09. The molecule has 0 aromatic carbocycles. The van der Waals surface area contributed by atoms with Crippen molar-refractivity contribution in [1.29, 1.82) is 0 Å². The van der Waals surface area contributed by atoms with Gasteiger partial charge in [0.25, 0.3) is 4.96 Å². The van der Waals surface area contributed by atoms with Crippen LogP contribution >= 0.6 is 11.3 Å². The number of thiazole rings is 1. The Labute approximate surface area is 111 Å². The zero-order valence-electron chi connectivity index (χ0n) is 9.90. The van der Waals surface area contributed by atoms with Gasteiger partial charge in [-0.15, -0.1) is 0 Å². The number of hydrogen-bond acceptors (Lipinski definition) is 6. The summed E-state index contributed by atoms with van der Waals surface area (Å²) in [5.41, 5.74) is 0. The standard InChI is InChI=1S/C10H10N6O2S/c1-6(7-11-2-3-12-7)13-8-9(16(17)18)15-4-5-19-10(15)14-8/h2-6,13H,1H3,(H,11,12). The monoisotopic (exact) mass is 278 g/mol. The van der Waals surface area contributed by atoms with Crippen molar-refractivity contribution in [2.24, 2.45) is 0 Å². The van der Waals surface area contributed by atoms with Crippen molar-refractivity contribution < 1.29 is 4.92 Å². The van der Waals surface area contributed by atoms with E-state index in [4.69, 9.17) is 0 Å². The smallest absolute Gasteiger partial charge is 0.358 e. The molecule has 1 unspecified atom stereocenters. The van der Waals surface area contributed by atoms with E-state index in [0.717, 1.165) is 0 Å². The van der Waals surface area contributed by atoms with E-state index in [1.807, 2.05) is 6.92 Å². The topological polar surface area (TPSA) is 101 Å². The molecule has 0 radical (unpaired) electrons. The molecule has 9 heteroatoms. The highest BCUT2D eigenvalue weighted by molar-refractivity contribution is 7.15. The summed E-state index contributed by atoms with van der Waals surface area (Å²) in [6.07, 6.45) is 4.97. The highest BCUT2D eigenvalue weighted by Crippen LogP contribution is 2.30. The van der Waals surface area contributed by atoms with Crippen molar-refractivity contribution in [2.75, 3.05) is 5.32 Å². The number of imidazole rings is 2. The average molecular weight is 278 g/mol. The zero-order valence-corrected chi connectivity index (χ0v) is 10.7. The van der Waals surface area contributed by atoms with E-state index in [1.54, 1.807) is 24.0 Å². The first-order valence-corrected chi connectivity index (χ1v) is 6.40. The number of nitrogens with one attached hydrogen (secondary N) is 2. The fourth-order valence-corrected chi connectivity index (χ4v) is 2.54. The molecule has 0 saturated heterocycles. The van der Waals surface area contributed by atoms with Gasteiger partial charge in [-0.1, -0.05) is 11.3 Å². The van der Waals surface area contributed by atoms with Crippen molar-refractivity contribution in [3.8, 4) is 0 Å². The fourth-order valence-electron chi connectivity index (χ4n) is 1.83. The number of nitrogens with zero attached hydrogens (tertiary/aromatic N) is 4. The number of H-pyrrole nitrogens is 1. The lowest BCUT2D eigenvalue weighted by molar-refractivity contribution is -0.389. The maximum absolute atomic E-state index is 11.1. The molecule has 0 aliphatic heterocycles. The maximum atomic E-state index is 11.1. The van der Waals surface area contributed by atoms with E-state index in [0.29, 0.717) is 10.8 Å². The molecular formula is C10H10N6O2S. The normalized spacial score (nSPS) is 12.7. The number of hydrogen-bond donors (Lipinski definition) is 2. The Balaban J connectivity index is 1.98. The predicted molar refractivity (Wildman–Crippen MR) is 70.3 cm³/mol. The quantitative estimate of drug-likeness (QED) is 0.562. The third-order valence-corrected chi connectivity index (χ3v) is 3.45. The summed E-state index contributed by atoms with van der Waals surface area (Å²) in [5, 5.41) is 15.9. The first kappa shape index (κ1) is 11.7. The van der Waals surface area contributed by atoms with Crippen molar-refractivity contribution in [2.45, 2.75) is 13.0 Å². The van der Waals surface area contributed by atoms with E-state index < -0.39 is 4.92 Å². The summed E-state index contributed by atoms with van der Waals surface area (Å²) in [6, 6.07) is -0.196. The van der Waals surface area contributed by atoms with E-state index in [9.17, 15) is 10.1 Å². The summed E-state index contributed by atoms with van der Waals surface area (Å²) in [5.74, 6) is 0.890. The molecule has 3 rings (SSSR count).